The lowest BCUT2D eigenvalue weighted by Gasteiger charge is -2.30. The molecule has 4 aromatic rings. The number of esters is 1. The zero-order valence-electron chi connectivity index (χ0n) is 19.5. The van der Waals surface area contributed by atoms with Gasteiger partial charge in [0, 0.05) is 43.4 Å². The van der Waals surface area contributed by atoms with Gasteiger partial charge in [0.05, 0.1) is 29.2 Å². The highest BCUT2D eigenvalue weighted by Crippen LogP contribution is 2.30. The van der Waals surface area contributed by atoms with Crippen LogP contribution in [0.1, 0.15) is 44.4 Å². The number of hydrogen-bond acceptors (Lipinski definition) is 11. The highest BCUT2D eigenvalue weighted by Gasteiger charge is 2.27. The molecule has 0 radical (unpaired) electrons. The van der Waals surface area contributed by atoms with Crippen LogP contribution in [-0.4, -0.2) is 64.2 Å². The number of aliphatic hydroxyl groups excluding tert-OH is 1. The normalized spacial score (nSPS) is 15.8. The molecule has 0 aliphatic carbocycles. The van der Waals surface area contributed by atoms with E-state index in [2.05, 4.69) is 40.7 Å². The smallest absolute Gasteiger partial charge is 0.338 e. The van der Waals surface area contributed by atoms with E-state index in [1.807, 2.05) is 31.3 Å². The van der Waals surface area contributed by atoms with Gasteiger partial charge in [-0.1, -0.05) is 6.07 Å². The first kappa shape index (κ1) is 22.2. The van der Waals surface area contributed by atoms with Crippen LogP contribution in [0, 0.1) is 6.92 Å². The Balaban J connectivity index is 1.10. The summed E-state index contributed by atoms with van der Waals surface area (Å²) in [5.74, 6) is 0.798. The highest BCUT2D eigenvalue weighted by atomic mass is 16.5. The molecule has 5 heterocycles. The molecule has 12 heteroatoms. The van der Waals surface area contributed by atoms with Crippen molar-refractivity contribution in [3.05, 3.63) is 76.5 Å². The van der Waals surface area contributed by atoms with Gasteiger partial charge in [0.15, 0.2) is 0 Å². The number of anilines is 2. The van der Waals surface area contributed by atoms with Gasteiger partial charge in [-0.3, -0.25) is 4.90 Å². The Hall–Kier alpha value is -4.29. The number of pyridine rings is 1. The maximum absolute atomic E-state index is 11.8. The van der Waals surface area contributed by atoms with Crippen LogP contribution in [0.15, 0.2) is 43.0 Å². The number of cyclic esters (lactones) is 1. The number of nitrogens with one attached hydrogen (secondary N) is 1. The van der Waals surface area contributed by atoms with Gasteiger partial charge in [0.2, 0.25) is 5.95 Å². The summed E-state index contributed by atoms with van der Waals surface area (Å²) >= 11 is 0. The van der Waals surface area contributed by atoms with E-state index >= 15 is 0 Å². The molecule has 0 amide bonds. The standard InChI is InChI=1S/C24H23N9O3/c1-14-17(3-4-18-19(14)12-36-23(18)35)21(34)11-32-7-6-20-15(10-32)8-26-24(28-20)29-22-5-2-16(9-25-22)33-13-27-30-31-33/h2-5,8-9,13,21,34H,6-7,10-12H2,1H3,(H,25,26,28,29). The average molecular weight is 486 g/mol. The predicted octanol–water partition coefficient (Wildman–Crippen LogP) is 1.66. The van der Waals surface area contributed by atoms with Crippen LogP contribution >= 0.6 is 0 Å². The number of aliphatic hydroxyl groups is 1. The number of hydrogen-bond donors (Lipinski definition) is 2. The van der Waals surface area contributed by atoms with Gasteiger partial charge in [-0.15, -0.1) is 5.10 Å². The lowest BCUT2D eigenvalue weighted by Crippen LogP contribution is -2.34. The van der Waals surface area contributed by atoms with Crippen molar-refractivity contribution in [3.8, 4) is 5.69 Å². The van der Waals surface area contributed by atoms with Gasteiger partial charge in [0.25, 0.3) is 0 Å². The van der Waals surface area contributed by atoms with Crippen LogP contribution in [-0.2, 0) is 24.3 Å². The Bertz CT molecular complexity index is 1420. The molecule has 1 atom stereocenters. The van der Waals surface area contributed by atoms with Crippen LogP contribution < -0.4 is 5.32 Å². The second-order valence-corrected chi connectivity index (χ2v) is 8.83. The van der Waals surface area contributed by atoms with Crippen LogP contribution in [0.5, 0.6) is 0 Å². The summed E-state index contributed by atoms with van der Waals surface area (Å²) in [7, 11) is 0. The molecule has 0 saturated heterocycles. The summed E-state index contributed by atoms with van der Waals surface area (Å²) in [6, 6.07) is 7.24. The predicted molar refractivity (Wildman–Crippen MR) is 127 cm³/mol. The summed E-state index contributed by atoms with van der Waals surface area (Å²) in [4.78, 5) is 27.5. The van der Waals surface area contributed by atoms with Gasteiger partial charge >= 0.3 is 5.97 Å². The van der Waals surface area contributed by atoms with Gasteiger partial charge in [-0.05, 0) is 46.7 Å². The molecule has 0 fully saturated rings. The Morgan fingerprint density at radius 3 is 2.92 bits per heavy atom. The molecule has 1 unspecified atom stereocenters. The largest absolute Gasteiger partial charge is 0.457 e. The number of benzene rings is 1. The number of tetrazole rings is 1. The fraction of sp³-hybridized carbons (Fsp3) is 0.292. The molecule has 36 heavy (non-hydrogen) atoms. The number of rotatable bonds is 6. The number of aromatic nitrogens is 7. The first-order valence-electron chi connectivity index (χ1n) is 11.6. The molecule has 0 spiro atoms. The molecule has 3 aromatic heterocycles. The fourth-order valence-corrected chi connectivity index (χ4v) is 4.65. The van der Waals surface area contributed by atoms with Crippen molar-refractivity contribution in [1.82, 2.24) is 40.1 Å². The Kier molecular flexibility index (Phi) is 5.58. The Labute approximate surface area is 206 Å². The molecule has 2 aliphatic rings. The van der Waals surface area contributed by atoms with Crippen molar-refractivity contribution in [2.75, 3.05) is 18.4 Å². The first-order valence-corrected chi connectivity index (χ1v) is 11.6. The molecule has 6 rings (SSSR count). The molecule has 182 valence electrons. The van der Waals surface area contributed by atoms with Crippen molar-refractivity contribution in [1.29, 1.82) is 0 Å². The zero-order chi connectivity index (χ0) is 24.6. The maximum Gasteiger partial charge on any atom is 0.338 e. The molecule has 0 saturated carbocycles. The van der Waals surface area contributed by atoms with E-state index in [1.165, 1.54) is 11.0 Å². The third-order valence-corrected chi connectivity index (χ3v) is 6.61. The summed E-state index contributed by atoms with van der Waals surface area (Å²) in [6.07, 6.45) is 5.06. The lowest BCUT2D eigenvalue weighted by molar-refractivity contribution is 0.0535. The monoisotopic (exact) mass is 485 g/mol. The Morgan fingerprint density at radius 1 is 1.19 bits per heavy atom. The number of carbonyl (C=O) groups excluding carboxylic acids is 1. The minimum atomic E-state index is -0.670. The quantitative estimate of drug-likeness (QED) is 0.385. The van der Waals surface area contributed by atoms with Crippen molar-refractivity contribution in [2.24, 2.45) is 0 Å². The van der Waals surface area contributed by atoms with Crippen molar-refractivity contribution < 1.29 is 14.6 Å². The molecule has 1 aromatic carbocycles. The first-order chi connectivity index (χ1) is 17.5. The second kappa shape index (κ2) is 9.06. The van der Waals surface area contributed by atoms with Crippen molar-refractivity contribution in [2.45, 2.75) is 32.6 Å². The number of carbonyl (C=O) groups is 1. The van der Waals surface area contributed by atoms with E-state index in [9.17, 15) is 9.90 Å². The lowest BCUT2D eigenvalue weighted by atomic mass is 9.95. The number of fused-ring (bicyclic) bond motifs is 2. The van der Waals surface area contributed by atoms with E-state index in [4.69, 9.17) is 4.74 Å². The van der Waals surface area contributed by atoms with E-state index < -0.39 is 6.10 Å². The molecule has 12 nitrogen and oxygen atoms in total. The Morgan fingerprint density at radius 2 is 2.11 bits per heavy atom. The SMILES string of the molecule is Cc1c(C(O)CN2CCc3nc(Nc4ccc(-n5cnnn5)cn4)ncc3C2)ccc2c1COC2=O. The number of nitrogens with zero attached hydrogens (tertiary/aromatic N) is 8. The van der Waals surface area contributed by atoms with Gasteiger partial charge in [-0.2, -0.15) is 4.68 Å². The van der Waals surface area contributed by atoms with Gasteiger partial charge in [0.1, 0.15) is 18.8 Å². The number of ether oxygens (including phenoxy) is 1. The molecule has 0 bridgehead atoms. The summed E-state index contributed by atoms with van der Waals surface area (Å²) < 4.78 is 6.66. The molecular formula is C24H23N9O3. The van der Waals surface area contributed by atoms with Crippen molar-refractivity contribution >= 4 is 17.7 Å². The van der Waals surface area contributed by atoms with Gasteiger partial charge in [-0.25, -0.2) is 19.7 Å². The topological polar surface area (TPSA) is 144 Å². The van der Waals surface area contributed by atoms with Gasteiger partial charge < -0.3 is 15.2 Å². The van der Waals surface area contributed by atoms with Crippen LogP contribution in [0.4, 0.5) is 11.8 Å². The van der Waals surface area contributed by atoms with E-state index in [0.29, 0.717) is 30.4 Å². The summed E-state index contributed by atoms with van der Waals surface area (Å²) in [6.45, 7) is 4.10. The summed E-state index contributed by atoms with van der Waals surface area (Å²) in [5, 5.41) is 25.2. The fourth-order valence-electron chi connectivity index (χ4n) is 4.65. The number of β-amino-alcohol motifs (C(OH)–C–C–N with tert-alkyl or cyclic N) is 1. The summed E-state index contributed by atoms with van der Waals surface area (Å²) in [5.41, 5.74) is 5.97. The van der Waals surface area contributed by atoms with Crippen molar-refractivity contribution in [3.63, 3.8) is 0 Å². The van der Waals surface area contributed by atoms with Crippen LogP contribution in [0.3, 0.4) is 0 Å². The minimum Gasteiger partial charge on any atom is -0.457 e. The molecule has 2 aliphatic heterocycles. The third-order valence-electron chi connectivity index (χ3n) is 6.61. The minimum absolute atomic E-state index is 0.268. The molecule has 2 N–H and O–H groups in total. The average Bonchev–Trinajstić information content (AvgIpc) is 3.56. The van der Waals surface area contributed by atoms with E-state index in [-0.39, 0.29) is 12.6 Å². The molecular weight excluding hydrogens is 462 g/mol. The van der Waals surface area contributed by atoms with Crippen LogP contribution in [0.2, 0.25) is 0 Å². The van der Waals surface area contributed by atoms with E-state index in [0.717, 1.165) is 46.6 Å². The van der Waals surface area contributed by atoms with E-state index in [1.54, 1.807) is 12.3 Å². The maximum atomic E-state index is 11.8. The highest BCUT2D eigenvalue weighted by molar-refractivity contribution is 5.93. The third kappa shape index (κ3) is 4.16. The van der Waals surface area contributed by atoms with Crippen LogP contribution in [0.25, 0.3) is 5.69 Å². The second-order valence-electron chi connectivity index (χ2n) is 8.83. The zero-order valence-corrected chi connectivity index (χ0v) is 19.5.